The smallest absolute Gasteiger partial charge is 0.336 e. The van der Waals surface area contributed by atoms with Crippen LogP contribution in [0.3, 0.4) is 0 Å². The second-order valence-corrected chi connectivity index (χ2v) is 3.11. The van der Waals surface area contributed by atoms with Crippen molar-refractivity contribution >= 4 is 17.8 Å². The Bertz CT molecular complexity index is 433. The zero-order valence-electron chi connectivity index (χ0n) is 9.19. The Kier molecular flexibility index (Phi) is 4.21. The topological polar surface area (TPSA) is 81.7 Å². The Labute approximate surface area is 97.6 Å². The second kappa shape index (κ2) is 5.64. The Balaban J connectivity index is 2.57. The number of ether oxygens (including phenoxy) is 2. The molecule has 6 heteroatoms. The lowest BCUT2D eigenvalue weighted by Gasteiger charge is -2.14. The normalized spacial score (nSPS) is 15.2. The number of allylic oxidation sites excluding steroid dienone is 1. The van der Waals surface area contributed by atoms with Gasteiger partial charge in [0.05, 0.1) is 7.11 Å². The van der Waals surface area contributed by atoms with Crippen LogP contribution >= 0.6 is 0 Å². The summed E-state index contributed by atoms with van der Waals surface area (Å²) in [5.74, 6) is -2.17. The quantitative estimate of drug-likeness (QED) is 0.559. The highest BCUT2D eigenvalue weighted by Crippen LogP contribution is 2.10. The maximum atomic E-state index is 11.3. The van der Waals surface area contributed by atoms with Crippen molar-refractivity contribution in [2.45, 2.75) is 6.42 Å². The lowest BCUT2D eigenvalue weighted by molar-refractivity contribution is -0.139. The van der Waals surface area contributed by atoms with Crippen molar-refractivity contribution in [1.29, 1.82) is 0 Å². The minimum Gasteiger partial charge on any atom is -0.466 e. The molecule has 0 saturated heterocycles. The summed E-state index contributed by atoms with van der Waals surface area (Å²) in [5.41, 5.74) is 0.528. The fraction of sp³-hybridized carbons (Fsp3) is 0.182. The molecule has 0 atom stereocenters. The maximum Gasteiger partial charge on any atom is 0.336 e. The highest BCUT2D eigenvalue weighted by Gasteiger charge is 2.18. The van der Waals surface area contributed by atoms with Gasteiger partial charge in [-0.25, -0.2) is 9.59 Å². The molecule has 0 unspecified atom stereocenters. The molecule has 0 aromatic heterocycles. The predicted octanol–water partition coefficient (Wildman–Crippen LogP) is 0.176. The van der Waals surface area contributed by atoms with E-state index in [2.05, 4.69) is 16.6 Å². The van der Waals surface area contributed by atoms with Gasteiger partial charge < -0.3 is 14.8 Å². The fourth-order valence-corrected chi connectivity index (χ4v) is 1.02. The summed E-state index contributed by atoms with van der Waals surface area (Å²) >= 11 is 0. The zero-order valence-corrected chi connectivity index (χ0v) is 9.19. The minimum atomic E-state index is -0.829. The third-order valence-corrected chi connectivity index (χ3v) is 1.82. The largest absolute Gasteiger partial charge is 0.466 e. The fourth-order valence-electron chi connectivity index (χ4n) is 1.02. The van der Waals surface area contributed by atoms with Gasteiger partial charge in [0, 0.05) is 24.3 Å². The van der Waals surface area contributed by atoms with Gasteiger partial charge in [-0.15, -0.1) is 0 Å². The molecule has 0 radical (unpaired) electrons. The molecule has 90 valence electrons. The summed E-state index contributed by atoms with van der Waals surface area (Å²) in [5, 5.41) is 2.42. The SMILES string of the molecule is C=C1CC=C(OC(=O)/C=C/C(=O)OC)C(=O)N1. The van der Waals surface area contributed by atoms with E-state index in [0.717, 1.165) is 12.2 Å². The number of hydrogen-bond donors (Lipinski definition) is 1. The molecule has 0 fully saturated rings. The molecule has 6 nitrogen and oxygen atoms in total. The van der Waals surface area contributed by atoms with Crippen molar-refractivity contribution in [3.63, 3.8) is 0 Å². The van der Waals surface area contributed by atoms with E-state index in [4.69, 9.17) is 4.74 Å². The summed E-state index contributed by atoms with van der Waals surface area (Å²) in [6.45, 7) is 3.56. The van der Waals surface area contributed by atoms with Crippen LogP contribution in [0.5, 0.6) is 0 Å². The van der Waals surface area contributed by atoms with E-state index in [1.165, 1.54) is 13.2 Å². The lowest BCUT2D eigenvalue weighted by Crippen LogP contribution is -2.29. The van der Waals surface area contributed by atoms with Gasteiger partial charge >= 0.3 is 11.9 Å². The third-order valence-electron chi connectivity index (χ3n) is 1.82. The van der Waals surface area contributed by atoms with Crippen LogP contribution < -0.4 is 5.32 Å². The standard InChI is InChI=1S/C11H11NO5/c1-7-3-4-8(11(15)12-7)17-10(14)6-5-9(13)16-2/h4-6H,1,3H2,2H3,(H,12,15)/b6-5+. The highest BCUT2D eigenvalue weighted by atomic mass is 16.5. The second-order valence-electron chi connectivity index (χ2n) is 3.11. The molecule has 0 saturated carbocycles. The summed E-state index contributed by atoms with van der Waals surface area (Å²) in [6, 6.07) is 0. The van der Waals surface area contributed by atoms with Gasteiger partial charge in [0.15, 0.2) is 5.76 Å². The molecule has 1 heterocycles. The molecular formula is C11H11NO5. The summed E-state index contributed by atoms with van der Waals surface area (Å²) < 4.78 is 9.01. The first-order chi connectivity index (χ1) is 8.02. The molecule has 1 aliphatic heterocycles. The van der Waals surface area contributed by atoms with Crippen LogP contribution in [0, 0.1) is 0 Å². The van der Waals surface area contributed by atoms with Gasteiger partial charge in [-0.05, 0) is 6.08 Å². The molecule has 1 aliphatic rings. The molecule has 0 spiro atoms. The number of carbonyl (C=O) groups excluding carboxylic acids is 3. The molecule has 0 aliphatic carbocycles. The molecular weight excluding hydrogens is 226 g/mol. The Morgan fingerprint density at radius 1 is 1.41 bits per heavy atom. The predicted molar refractivity (Wildman–Crippen MR) is 57.2 cm³/mol. The first-order valence-corrected chi connectivity index (χ1v) is 4.70. The van der Waals surface area contributed by atoms with E-state index in [-0.39, 0.29) is 5.76 Å². The van der Waals surface area contributed by atoms with Crippen molar-refractivity contribution in [1.82, 2.24) is 5.32 Å². The molecule has 0 aromatic rings. The number of amides is 1. The van der Waals surface area contributed by atoms with Crippen LogP contribution in [0.2, 0.25) is 0 Å². The van der Waals surface area contributed by atoms with Gasteiger partial charge in [0.2, 0.25) is 0 Å². The van der Waals surface area contributed by atoms with Gasteiger partial charge in [-0.3, -0.25) is 4.79 Å². The number of hydrogen-bond acceptors (Lipinski definition) is 5. The number of carbonyl (C=O) groups is 3. The molecule has 0 bridgehead atoms. The Hall–Kier alpha value is -2.37. The summed E-state index contributed by atoms with van der Waals surface area (Å²) in [6.07, 6.45) is 3.62. The van der Waals surface area contributed by atoms with Crippen LogP contribution in [0.15, 0.2) is 36.3 Å². The average Bonchev–Trinajstić information content (AvgIpc) is 2.29. The molecule has 1 N–H and O–H groups in total. The van der Waals surface area contributed by atoms with Crippen molar-refractivity contribution < 1.29 is 23.9 Å². The Morgan fingerprint density at radius 2 is 2.06 bits per heavy atom. The van der Waals surface area contributed by atoms with Crippen LogP contribution in [-0.4, -0.2) is 25.0 Å². The van der Waals surface area contributed by atoms with Crippen molar-refractivity contribution in [3.8, 4) is 0 Å². The van der Waals surface area contributed by atoms with Crippen molar-refractivity contribution in [3.05, 3.63) is 36.3 Å². The monoisotopic (exact) mass is 237 g/mol. The van der Waals surface area contributed by atoms with E-state index in [1.54, 1.807) is 0 Å². The maximum absolute atomic E-state index is 11.3. The van der Waals surface area contributed by atoms with Gasteiger partial charge in [0.1, 0.15) is 0 Å². The van der Waals surface area contributed by atoms with E-state index in [1.807, 2.05) is 0 Å². The summed E-state index contributed by atoms with van der Waals surface area (Å²) in [7, 11) is 1.18. The summed E-state index contributed by atoms with van der Waals surface area (Å²) in [4.78, 5) is 33.2. The molecule has 0 aromatic carbocycles. The van der Waals surface area contributed by atoms with Gasteiger partial charge in [-0.1, -0.05) is 6.58 Å². The van der Waals surface area contributed by atoms with Crippen LogP contribution in [0.4, 0.5) is 0 Å². The molecule has 17 heavy (non-hydrogen) atoms. The minimum absolute atomic E-state index is 0.114. The number of rotatable bonds is 3. The van der Waals surface area contributed by atoms with Gasteiger partial charge in [0.25, 0.3) is 5.91 Å². The van der Waals surface area contributed by atoms with E-state index in [9.17, 15) is 14.4 Å². The van der Waals surface area contributed by atoms with Crippen molar-refractivity contribution in [2.75, 3.05) is 7.11 Å². The van der Waals surface area contributed by atoms with Crippen LogP contribution in [-0.2, 0) is 23.9 Å². The van der Waals surface area contributed by atoms with Gasteiger partial charge in [-0.2, -0.15) is 0 Å². The van der Waals surface area contributed by atoms with E-state index in [0.29, 0.717) is 12.1 Å². The van der Waals surface area contributed by atoms with E-state index < -0.39 is 17.8 Å². The average molecular weight is 237 g/mol. The van der Waals surface area contributed by atoms with E-state index >= 15 is 0 Å². The molecule has 1 rings (SSSR count). The Morgan fingerprint density at radius 3 is 2.65 bits per heavy atom. The van der Waals surface area contributed by atoms with Crippen LogP contribution in [0.1, 0.15) is 6.42 Å². The number of nitrogens with one attached hydrogen (secondary N) is 1. The van der Waals surface area contributed by atoms with Crippen LogP contribution in [0.25, 0.3) is 0 Å². The zero-order chi connectivity index (χ0) is 12.8. The number of esters is 2. The number of methoxy groups -OCH3 is 1. The highest BCUT2D eigenvalue weighted by molar-refractivity contribution is 5.98. The lowest BCUT2D eigenvalue weighted by atomic mass is 10.2. The first-order valence-electron chi connectivity index (χ1n) is 4.70. The van der Waals surface area contributed by atoms with Crippen molar-refractivity contribution in [2.24, 2.45) is 0 Å². The third kappa shape index (κ3) is 3.94. The molecule has 1 amide bonds. The first kappa shape index (κ1) is 12.7.